The van der Waals surface area contributed by atoms with E-state index in [9.17, 15) is 4.79 Å². The highest BCUT2D eigenvalue weighted by atomic mass is 16.1. The predicted molar refractivity (Wildman–Crippen MR) is 82.4 cm³/mol. The largest absolute Gasteiger partial charge is 0.352 e. The first-order valence-electron chi connectivity index (χ1n) is 7.51. The van der Waals surface area contributed by atoms with Crippen LogP contribution in [0.2, 0.25) is 0 Å². The number of hydrogen-bond acceptors (Lipinski definition) is 4. The van der Waals surface area contributed by atoms with Crippen LogP contribution >= 0.6 is 0 Å². The summed E-state index contributed by atoms with van der Waals surface area (Å²) in [7, 11) is 0. The Labute approximate surface area is 120 Å². The Morgan fingerprint density at radius 3 is 2.90 bits per heavy atom. The Morgan fingerprint density at radius 2 is 2.25 bits per heavy atom. The zero-order chi connectivity index (χ0) is 14.8. The number of nitrogens with zero attached hydrogens (tertiary/aromatic N) is 2. The molecule has 0 aliphatic carbocycles. The van der Waals surface area contributed by atoms with Crippen molar-refractivity contribution in [2.45, 2.75) is 58.5 Å². The molecule has 1 aromatic heterocycles. The Balaban J connectivity index is 2.14. The molecule has 5 nitrogen and oxygen atoms in total. The van der Waals surface area contributed by atoms with Crippen LogP contribution in [0.4, 0.5) is 5.82 Å². The maximum Gasteiger partial charge on any atom is 0.252 e. The summed E-state index contributed by atoms with van der Waals surface area (Å²) in [6.45, 7) is 10.4. The number of nitrogens with one attached hydrogen (secondary N) is 2. The zero-order valence-electron chi connectivity index (χ0n) is 13.0. The summed E-state index contributed by atoms with van der Waals surface area (Å²) in [5, 5.41) is 3.55. The summed E-state index contributed by atoms with van der Waals surface area (Å²) < 4.78 is 0. The lowest BCUT2D eigenvalue weighted by Crippen LogP contribution is -2.45. The lowest BCUT2D eigenvalue weighted by Gasteiger charge is -2.29. The molecule has 0 saturated carbocycles. The van der Waals surface area contributed by atoms with E-state index in [4.69, 9.17) is 0 Å². The fraction of sp³-hybridized carbons (Fsp3) is 0.733. The molecule has 1 aliphatic heterocycles. The van der Waals surface area contributed by atoms with Crippen LogP contribution in [0.15, 0.2) is 10.9 Å². The molecule has 2 N–H and O–H groups in total. The van der Waals surface area contributed by atoms with E-state index in [-0.39, 0.29) is 11.1 Å². The number of aromatic amines is 1. The molecule has 0 aromatic carbocycles. The Morgan fingerprint density at radius 1 is 1.50 bits per heavy atom. The van der Waals surface area contributed by atoms with Crippen molar-refractivity contribution in [3.63, 3.8) is 0 Å². The lowest BCUT2D eigenvalue weighted by molar-refractivity contribution is 0.404. The second-order valence-corrected chi connectivity index (χ2v) is 6.52. The van der Waals surface area contributed by atoms with Gasteiger partial charge in [-0.25, -0.2) is 4.98 Å². The van der Waals surface area contributed by atoms with Gasteiger partial charge in [-0.3, -0.25) is 4.79 Å². The predicted octanol–water partition coefficient (Wildman–Crippen LogP) is 1.69. The molecular weight excluding hydrogens is 252 g/mol. The molecule has 5 heteroatoms. The molecule has 112 valence electrons. The van der Waals surface area contributed by atoms with Crippen molar-refractivity contribution in [1.29, 1.82) is 0 Å². The highest BCUT2D eigenvalue weighted by Gasteiger charge is 2.27. The van der Waals surface area contributed by atoms with Crippen molar-refractivity contribution < 1.29 is 0 Å². The number of H-pyrrole nitrogens is 1. The third-order valence-electron chi connectivity index (χ3n) is 3.65. The number of rotatable bonds is 4. The number of aromatic nitrogens is 2. The summed E-state index contributed by atoms with van der Waals surface area (Å²) in [6.07, 6.45) is 3.06. The van der Waals surface area contributed by atoms with E-state index in [1.807, 2.05) is 6.92 Å². The Bertz CT molecular complexity index is 503. The normalized spacial score (nSPS) is 19.6. The monoisotopic (exact) mass is 278 g/mol. The van der Waals surface area contributed by atoms with Crippen LogP contribution in [0, 0.1) is 0 Å². The zero-order valence-corrected chi connectivity index (χ0v) is 13.0. The Hall–Kier alpha value is -1.36. The fourth-order valence-electron chi connectivity index (χ4n) is 2.58. The molecule has 1 aromatic rings. The second kappa shape index (κ2) is 5.95. The van der Waals surface area contributed by atoms with Gasteiger partial charge >= 0.3 is 0 Å². The average molecular weight is 278 g/mol. The lowest BCUT2D eigenvalue weighted by atomic mass is 10.1. The van der Waals surface area contributed by atoms with Crippen molar-refractivity contribution in [3.05, 3.63) is 22.2 Å². The van der Waals surface area contributed by atoms with Crippen LogP contribution in [-0.2, 0) is 6.42 Å². The van der Waals surface area contributed by atoms with Gasteiger partial charge in [0.1, 0.15) is 11.6 Å². The van der Waals surface area contributed by atoms with Gasteiger partial charge in [-0.2, -0.15) is 0 Å². The molecule has 2 heterocycles. The molecule has 20 heavy (non-hydrogen) atoms. The first kappa shape index (κ1) is 15.0. The first-order valence-corrected chi connectivity index (χ1v) is 7.51. The third-order valence-corrected chi connectivity index (χ3v) is 3.65. The summed E-state index contributed by atoms with van der Waals surface area (Å²) in [6, 6.07) is 2.04. The Kier molecular flexibility index (Phi) is 4.48. The van der Waals surface area contributed by atoms with Gasteiger partial charge in [0.2, 0.25) is 0 Å². The van der Waals surface area contributed by atoms with Crippen LogP contribution in [0.5, 0.6) is 0 Å². The number of aryl methyl sites for hydroxylation is 1. The quantitative estimate of drug-likeness (QED) is 0.880. The van der Waals surface area contributed by atoms with Gasteiger partial charge in [-0.15, -0.1) is 0 Å². The molecule has 1 unspecified atom stereocenters. The molecule has 0 amide bonds. The van der Waals surface area contributed by atoms with Crippen LogP contribution in [0.25, 0.3) is 0 Å². The summed E-state index contributed by atoms with van der Waals surface area (Å²) in [5.41, 5.74) is 0.0611. The van der Waals surface area contributed by atoms with Gasteiger partial charge in [0.15, 0.2) is 0 Å². The van der Waals surface area contributed by atoms with Crippen LogP contribution in [0.3, 0.4) is 0 Å². The van der Waals surface area contributed by atoms with Crippen LogP contribution in [-0.4, -0.2) is 34.6 Å². The van der Waals surface area contributed by atoms with E-state index in [0.29, 0.717) is 6.04 Å². The van der Waals surface area contributed by atoms with Crippen molar-refractivity contribution in [3.8, 4) is 0 Å². The third kappa shape index (κ3) is 3.82. The maximum atomic E-state index is 11.7. The fourth-order valence-corrected chi connectivity index (χ4v) is 2.58. The van der Waals surface area contributed by atoms with Gasteiger partial charge in [-0.1, -0.05) is 6.92 Å². The summed E-state index contributed by atoms with van der Waals surface area (Å²) >= 11 is 0. The van der Waals surface area contributed by atoms with Crippen molar-refractivity contribution in [2.24, 2.45) is 0 Å². The second-order valence-electron chi connectivity index (χ2n) is 6.52. The van der Waals surface area contributed by atoms with E-state index in [0.717, 1.165) is 44.0 Å². The SMILES string of the molecule is CCc1nc(N2CCCC2CNC(C)(C)C)cc(=O)[nH]1. The van der Waals surface area contributed by atoms with Gasteiger partial charge in [0.05, 0.1) is 0 Å². The summed E-state index contributed by atoms with van der Waals surface area (Å²) in [4.78, 5) is 21.3. The van der Waals surface area contributed by atoms with E-state index in [2.05, 4.69) is 41.0 Å². The van der Waals surface area contributed by atoms with Crippen molar-refractivity contribution >= 4 is 5.82 Å². The molecule has 1 aliphatic rings. The van der Waals surface area contributed by atoms with E-state index in [1.165, 1.54) is 0 Å². The molecular formula is C15H26N4O. The number of anilines is 1. The van der Waals surface area contributed by atoms with Gasteiger partial charge in [0.25, 0.3) is 5.56 Å². The number of hydrogen-bond donors (Lipinski definition) is 2. The molecule has 1 atom stereocenters. The van der Waals surface area contributed by atoms with Crippen molar-refractivity contribution in [1.82, 2.24) is 15.3 Å². The van der Waals surface area contributed by atoms with Gasteiger partial charge in [0, 0.05) is 37.2 Å². The van der Waals surface area contributed by atoms with E-state index < -0.39 is 0 Å². The van der Waals surface area contributed by atoms with Gasteiger partial charge in [-0.05, 0) is 33.6 Å². The molecule has 2 rings (SSSR count). The standard InChI is InChI=1S/C15H26N4O/c1-5-12-17-13(9-14(20)18-12)19-8-6-7-11(19)10-16-15(2,3)4/h9,11,16H,5-8,10H2,1-4H3,(H,17,18,20). The molecule has 0 spiro atoms. The minimum atomic E-state index is -0.0544. The maximum absolute atomic E-state index is 11.7. The molecule has 1 saturated heterocycles. The minimum Gasteiger partial charge on any atom is -0.352 e. The molecule has 0 radical (unpaired) electrons. The van der Waals surface area contributed by atoms with Gasteiger partial charge < -0.3 is 15.2 Å². The highest BCUT2D eigenvalue weighted by Crippen LogP contribution is 2.23. The molecule has 0 bridgehead atoms. The topological polar surface area (TPSA) is 61.0 Å². The van der Waals surface area contributed by atoms with Crippen LogP contribution in [0.1, 0.15) is 46.4 Å². The first-order chi connectivity index (χ1) is 9.39. The molecule has 1 fully saturated rings. The van der Waals surface area contributed by atoms with E-state index in [1.54, 1.807) is 6.07 Å². The van der Waals surface area contributed by atoms with E-state index >= 15 is 0 Å². The summed E-state index contributed by atoms with van der Waals surface area (Å²) in [5.74, 6) is 1.59. The average Bonchev–Trinajstić information content (AvgIpc) is 2.83. The smallest absolute Gasteiger partial charge is 0.252 e. The highest BCUT2D eigenvalue weighted by molar-refractivity contribution is 5.40. The minimum absolute atomic E-state index is 0.0544. The van der Waals surface area contributed by atoms with Crippen molar-refractivity contribution in [2.75, 3.05) is 18.0 Å². The van der Waals surface area contributed by atoms with Crippen LogP contribution < -0.4 is 15.8 Å².